The summed E-state index contributed by atoms with van der Waals surface area (Å²) in [6, 6.07) is 0. The molecule has 0 aliphatic carbocycles. The summed E-state index contributed by atoms with van der Waals surface area (Å²) in [4.78, 5) is 8.92. The van der Waals surface area contributed by atoms with E-state index in [0.29, 0.717) is 0 Å². The molecule has 0 amide bonds. The standard InChI is InChI=1S/C17H31N3S/c1-5-10-14-15(13-18-17(2,3)4)21-16(19-14)20-11-8-6-7-9-12-20/h18H,5-13H2,1-4H3. The fourth-order valence-corrected chi connectivity index (χ4v) is 3.78. The molecule has 4 heteroatoms. The van der Waals surface area contributed by atoms with Gasteiger partial charge in [-0.05, 0) is 40.0 Å². The Morgan fingerprint density at radius 2 is 1.81 bits per heavy atom. The van der Waals surface area contributed by atoms with Crippen LogP contribution in [0.4, 0.5) is 5.13 Å². The minimum absolute atomic E-state index is 0.163. The molecule has 0 unspecified atom stereocenters. The third-order valence-electron chi connectivity index (χ3n) is 3.91. The van der Waals surface area contributed by atoms with E-state index in [2.05, 4.69) is 37.9 Å². The molecule has 1 saturated heterocycles. The van der Waals surface area contributed by atoms with E-state index in [-0.39, 0.29) is 5.54 Å². The van der Waals surface area contributed by atoms with Gasteiger partial charge in [0.25, 0.3) is 0 Å². The molecule has 2 heterocycles. The van der Waals surface area contributed by atoms with Crippen LogP contribution in [0.2, 0.25) is 0 Å². The van der Waals surface area contributed by atoms with E-state index in [4.69, 9.17) is 4.98 Å². The van der Waals surface area contributed by atoms with Crippen LogP contribution in [0.15, 0.2) is 0 Å². The zero-order chi connectivity index (χ0) is 15.3. The van der Waals surface area contributed by atoms with Crippen molar-refractivity contribution in [3.05, 3.63) is 10.6 Å². The number of aryl methyl sites for hydroxylation is 1. The number of nitrogens with zero attached hydrogens (tertiary/aromatic N) is 2. The Bertz CT molecular complexity index is 426. The van der Waals surface area contributed by atoms with E-state index in [1.165, 1.54) is 60.9 Å². The first-order chi connectivity index (χ1) is 9.99. The van der Waals surface area contributed by atoms with Crippen LogP contribution in [-0.2, 0) is 13.0 Å². The molecule has 1 aromatic rings. The predicted octanol–water partition coefficient (Wildman–Crippen LogP) is 4.36. The molecule has 0 spiro atoms. The summed E-state index contributed by atoms with van der Waals surface area (Å²) in [5, 5.41) is 4.87. The molecule has 120 valence electrons. The van der Waals surface area contributed by atoms with Gasteiger partial charge in [0.15, 0.2) is 5.13 Å². The zero-order valence-corrected chi connectivity index (χ0v) is 15.0. The van der Waals surface area contributed by atoms with Crippen LogP contribution in [0.5, 0.6) is 0 Å². The van der Waals surface area contributed by atoms with Crippen molar-refractivity contribution in [1.82, 2.24) is 10.3 Å². The summed E-state index contributed by atoms with van der Waals surface area (Å²) in [6.45, 7) is 12.2. The lowest BCUT2D eigenvalue weighted by Crippen LogP contribution is -2.35. The molecule has 3 nitrogen and oxygen atoms in total. The molecule has 21 heavy (non-hydrogen) atoms. The minimum atomic E-state index is 0.163. The fourth-order valence-electron chi connectivity index (χ4n) is 2.68. The van der Waals surface area contributed by atoms with Gasteiger partial charge in [-0.3, -0.25) is 0 Å². The highest BCUT2D eigenvalue weighted by molar-refractivity contribution is 7.15. The Kier molecular flexibility index (Phi) is 6.06. The highest BCUT2D eigenvalue weighted by Crippen LogP contribution is 2.29. The summed E-state index contributed by atoms with van der Waals surface area (Å²) < 4.78 is 0. The number of rotatable bonds is 5. The van der Waals surface area contributed by atoms with Crippen molar-refractivity contribution in [1.29, 1.82) is 0 Å². The van der Waals surface area contributed by atoms with Crippen molar-refractivity contribution < 1.29 is 0 Å². The molecule has 0 saturated carbocycles. The van der Waals surface area contributed by atoms with E-state index in [0.717, 1.165) is 13.0 Å². The maximum absolute atomic E-state index is 4.97. The van der Waals surface area contributed by atoms with Crippen molar-refractivity contribution in [3.63, 3.8) is 0 Å². The van der Waals surface area contributed by atoms with E-state index in [1.54, 1.807) is 0 Å². The van der Waals surface area contributed by atoms with Gasteiger partial charge in [-0.15, -0.1) is 11.3 Å². The van der Waals surface area contributed by atoms with E-state index in [1.807, 2.05) is 11.3 Å². The van der Waals surface area contributed by atoms with Crippen LogP contribution in [0, 0.1) is 0 Å². The summed E-state index contributed by atoms with van der Waals surface area (Å²) in [6.07, 6.45) is 7.66. The Labute approximate surface area is 134 Å². The number of nitrogens with one attached hydrogen (secondary N) is 1. The fraction of sp³-hybridized carbons (Fsp3) is 0.824. The summed E-state index contributed by atoms with van der Waals surface area (Å²) in [5.41, 5.74) is 1.48. The van der Waals surface area contributed by atoms with Crippen molar-refractivity contribution >= 4 is 16.5 Å². The molecule has 2 rings (SSSR count). The quantitative estimate of drug-likeness (QED) is 0.875. The Morgan fingerprint density at radius 1 is 1.14 bits per heavy atom. The smallest absolute Gasteiger partial charge is 0.185 e. The third-order valence-corrected chi connectivity index (χ3v) is 5.07. The molecule has 1 N–H and O–H groups in total. The summed E-state index contributed by atoms with van der Waals surface area (Å²) >= 11 is 1.91. The molecular formula is C17H31N3S. The van der Waals surface area contributed by atoms with Gasteiger partial charge in [-0.25, -0.2) is 4.98 Å². The van der Waals surface area contributed by atoms with Crippen molar-refractivity contribution in [3.8, 4) is 0 Å². The van der Waals surface area contributed by atoms with Gasteiger partial charge in [0, 0.05) is 30.1 Å². The van der Waals surface area contributed by atoms with Gasteiger partial charge >= 0.3 is 0 Å². The molecule has 1 aromatic heterocycles. The molecule has 1 aliphatic rings. The number of anilines is 1. The van der Waals surface area contributed by atoms with Crippen LogP contribution in [0.25, 0.3) is 0 Å². The molecule has 0 radical (unpaired) electrons. The lowest BCUT2D eigenvalue weighted by molar-refractivity contribution is 0.425. The number of thiazole rings is 1. The van der Waals surface area contributed by atoms with Crippen molar-refractivity contribution in [2.75, 3.05) is 18.0 Å². The first kappa shape index (κ1) is 16.8. The second kappa shape index (κ2) is 7.59. The van der Waals surface area contributed by atoms with Gasteiger partial charge in [-0.2, -0.15) is 0 Å². The molecule has 0 aromatic carbocycles. The monoisotopic (exact) mass is 309 g/mol. The van der Waals surface area contributed by atoms with Crippen LogP contribution >= 0.6 is 11.3 Å². The number of hydrogen-bond donors (Lipinski definition) is 1. The van der Waals surface area contributed by atoms with Crippen LogP contribution in [-0.4, -0.2) is 23.6 Å². The molecule has 0 bridgehead atoms. The largest absolute Gasteiger partial charge is 0.348 e. The maximum atomic E-state index is 4.97. The van der Waals surface area contributed by atoms with E-state index in [9.17, 15) is 0 Å². The second-order valence-electron chi connectivity index (χ2n) is 7.12. The highest BCUT2D eigenvalue weighted by Gasteiger charge is 2.18. The van der Waals surface area contributed by atoms with Gasteiger partial charge in [0.2, 0.25) is 0 Å². The van der Waals surface area contributed by atoms with Gasteiger partial charge in [-0.1, -0.05) is 26.2 Å². The molecule has 1 aliphatic heterocycles. The van der Waals surface area contributed by atoms with Gasteiger partial charge in [0.1, 0.15) is 0 Å². The van der Waals surface area contributed by atoms with E-state index >= 15 is 0 Å². The SMILES string of the molecule is CCCc1nc(N2CCCCCC2)sc1CNC(C)(C)C. The van der Waals surface area contributed by atoms with Gasteiger partial charge < -0.3 is 10.2 Å². The average Bonchev–Trinajstić information content (AvgIpc) is 2.63. The molecular weight excluding hydrogens is 278 g/mol. The van der Waals surface area contributed by atoms with Crippen LogP contribution < -0.4 is 10.2 Å². The topological polar surface area (TPSA) is 28.2 Å². The Morgan fingerprint density at radius 3 is 2.38 bits per heavy atom. The third kappa shape index (κ3) is 5.26. The maximum Gasteiger partial charge on any atom is 0.185 e. The first-order valence-electron chi connectivity index (χ1n) is 8.48. The highest BCUT2D eigenvalue weighted by atomic mass is 32.1. The van der Waals surface area contributed by atoms with Crippen LogP contribution in [0.3, 0.4) is 0 Å². The molecule has 0 atom stereocenters. The zero-order valence-electron chi connectivity index (χ0n) is 14.2. The predicted molar refractivity (Wildman–Crippen MR) is 93.4 cm³/mol. The summed E-state index contributed by atoms with van der Waals surface area (Å²) in [7, 11) is 0. The first-order valence-corrected chi connectivity index (χ1v) is 9.30. The van der Waals surface area contributed by atoms with E-state index < -0.39 is 0 Å². The summed E-state index contributed by atoms with van der Waals surface area (Å²) in [5.74, 6) is 0. The lowest BCUT2D eigenvalue weighted by Gasteiger charge is -2.20. The Balaban J connectivity index is 2.11. The molecule has 1 fully saturated rings. The number of hydrogen-bond acceptors (Lipinski definition) is 4. The van der Waals surface area contributed by atoms with Crippen molar-refractivity contribution in [2.45, 2.75) is 78.3 Å². The normalized spacial score (nSPS) is 17.0. The number of aromatic nitrogens is 1. The van der Waals surface area contributed by atoms with Crippen molar-refractivity contribution in [2.24, 2.45) is 0 Å². The van der Waals surface area contributed by atoms with Crippen LogP contribution in [0.1, 0.15) is 70.4 Å². The lowest BCUT2D eigenvalue weighted by atomic mass is 10.1. The Hall–Kier alpha value is -0.610. The second-order valence-corrected chi connectivity index (χ2v) is 8.18. The minimum Gasteiger partial charge on any atom is -0.348 e. The average molecular weight is 310 g/mol. The van der Waals surface area contributed by atoms with Gasteiger partial charge in [0.05, 0.1) is 5.69 Å².